The maximum absolute atomic E-state index is 12.1. The summed E-state index contributed by atoms with van der Waals surface area (Å²) in [5, 5.41) is 1.72. The smallest absolute Gasteiger partial charge is 0.350 e. The molecular formula is C12H17NO5S2. The highest BCUT2D eigenvalue weighted by atomic mass is 32.2. The van der Waals surface area contributed by atoms with Crippen LogP contribution in [0.5, 0.6) is 0 Å². The molecule has 0 radical (unpaired) electrons. The summed E-state index contributed by atoms with van der Waals surface area (Å²) in [6.45, 7) is 2.35. The Morgan fingerprint density at radius 1 is 1.60 bits per heavy atom. The van der Waals surface area contributed by atoms with E-state index < -0.39 is 16.0 Å². The van der Waals surface area contributed by atoms with Crippen molar-refractivity contribution in [2.24, 2.45) is 0 Å². The zero-order chi connectivity index (χ0) is 14.8. The van der Waals surface area contributed by atoms with Crippen LogP contribution in [0.2, 0.25) is 0 Å². The second-order valence-electron chi connectivity index (χ2n) is 4.63. The molecule has 1 saturated heterocycles. The van der Waals surface area contributed by atoms with Gasteiger partial charge in [0.2, 0.25) is 10.0 Å². The average Bonchev–Trinajstić information content (AvgIpc) is 2.99. The van der Waals surface area contributed by atoms with E-state index >= 15 is 0 Å². The highest BCUT2D eigenvalue weighted by molar-refractivity contribution is 7.92. The number of aryl methyl sites for hydroxylation is 1. The largest absolute Gasteiger partial charge is 0.465 e. The third-order valence-electron chi connectivity index (χ3n) is 3.03. The van der Waals surface area contributed by atoms with Crippen molar-refractivity contribution in [2.75, 3.05) is 24.2 Å². The van der Waals surface area contributed by atoms with Gasteiger partial charge in [0.05, 0.1) is 24.7 Å². The molecule has 20 heavy (non-hydrogen) atoms. The van der Waals surface area contributed by atoms with Gasteiger partial charge >= 0.3 is 5.97 Å². The summed E-state index contributed by atoms with van der Waals surface area (Å²) in [5.74, 6) is -0.638. The van der Waals surface area contributed by atoms with Crippen LogP contribution in [0, 0.1) is 6.92 Å². The molecule has 0 aromatic carbocycles. The van der Waals surface area contributed by atoms with E-state index in [9.17, 15) is 13.2 Å². The van der Waals surface area contributed by atoms with Crippen molar-refractivity contribution in [3.8, 4) is 0 Å². The average molecular weight is 319 g/mol. The summed E-state index contributed by atoms with van der Waals surface area (Å²) < 4.78 is 36.7. The van der Waals surface area contributed by atoms with Gasteiger partial charge in [-0.3, -0.25) is 4.72 Å². The molecule has 2 rings (SSSR count). The van der Waals surface area contributed by atoms with Gasteiger partial charge in [0, 0.05) is 6.61 Å². The van der Waals surface area contributed by atoms with Crippen molar-refractivity contribution < 1.29 is 22.7 Å². The number of sulfonamides is 1. The Hall–Kier alpha value is -1.12. The van der Waals surface area contributed by atoms with Crippen molar-refractivity contribution in [3.63, 3.8) is 0 Å². The number of carbonyl (C=O) groups excluding carboxylic acids is 1. The van der Waals surface area contributed by atoms with E-state index in [2.05, 4.69) is 9.46 Å². The van der Waals surface area contributed by atoms with Crippen molar-refractivity contribution in [1.82, 2.24) is 0 Å². The third-order valence-corrected chi connectivity index (χ3v) is 5.44. The van der Waals surface area contributed by atoms with Crippen molar-refractivity contribution in [1.29, 1.82) is 0 Å². The number of esters is 1. The van der Waals surface area contributed by atoms with Crippen LogP contribution < -0.4 is 4.72 Å². The standard InChI is InChI=1S/C12H17NO5S2/c1-8-6-19-11(12(14)17-2)10(8)13-20(15,16)7-9-4-3-5-18-9/h6,9,13H,3-5,7H2,1-2H3. The molecule has 1 aliphatic rings. The maximum atomic E-state index is 12.1. The van der Waals surface area contributed by atoms with Gasteiger partial charge in [-0.05, 0) is 30.7 Å². The van der Waals surface area contributed by atoms with Crippen molar-refractivity contribution in [2.45, 2.75) is 25.9 Å². The monoisotopic (exact) mass is 319 g/mol. The van der Waals surface area contributed by atoms with Gasteiger partial charge in [-0.25, -0.2) is 13.2 Å². The summed E-state index contributed by atoms with van der Waals surface area (Å²) in [7, 11) is -2.28. The van der Waals surface area contributed by atoms with Crippen LogP contribution in [0.15, 0.2) is 5.38 Å². The van der Waals surface area contributed by atoms with E-state index in [1.165, 1.54) is 7.11 Å². The van der Waals surface area contributed by atoms with Crippen LogP contribution in [-0.4, -0.2) is 40.0 Å². The quantitative estimate of drug-likeness (QED) is 0.836. The number of rotatable bonds is 5. The SMILES string of the molecule is COC(=O)c1scc(C)c1NS(=O)(=O)CC1CCCO1. The number of nitrogens with one attached hydrogen (secondary N) is 1. The Morgan fingerprint density at radius 2 is 2.35 bits per heavy atom. The molecule has 8 heteroatoms. The van der Waals surface area contributed by atoms with Gasteiger partial charge in [0.1, 0.15) is 4.88 Å². The highest BCUT2D eigenvalue weighted by Crippen LogP contribution is 2.29. The summed E-state index contributed by atoms with van der Waals surface area (Å²) in [5.41, 5.74) is 1.01. The predicted octanol–water partition coefficient (Wildman–Crippen LogP) is 1.76. The second kappa shape index (κ2) is 6.11. The van der Waals surface area contributed by atoms with Crippen LogP contribution in [-0.2, 0) is 19.5 Å². The molecule has 112 valence electrons. The van der Waals surface area contributed by atoms with E-state index in [1.54, 1.807) is 12.3 Å². The van der Waals surface area contributed by atoms with Crippen molar-refractivity contribution >= 4 is 33.0 Å². The molecule has 0 amide bonds. The van der Waals surface area contributed by atoms with E-state index in [0.29, 0.717) is 17.9 Å². The fourth-order valence-corrected chi connectivity index (χ4v) is 4.43. The first kappa shape index (κ1) is 15.3. The number of hydrogen-bond acceptors (Lipinski definition) is 6. The fourth-order valence-electron chi connectivity index (χ4n) is 2.03. The number of anilines is 1. The Kier molecular flexibility index (Phi) is 4.66. The predicted molar refractivity (Wildman–Crippen MR) is 76.8 cm³/mol. The summed E-state index contributed by atoms with van der Waals surface area (Å²) >= 11 is 1.16. The molecule has 1 atom stereocenters. The molecular weight excluding hydrogens is 302 g/mol. The van der Waals surface area contributed by atoms with Gasteiger partial charge in [-0.15, -0.1) is 11.3 Å². The third kappa shape index (κ3) is 3.50. The van der Waals surface area contributed by atoms with Gasteiger partial charge < -0.3 is 9.47 Å². The molecule has 1 aromatic rings. The Morgan fingerprint density at radius 3 is 2.95 bits per heavy atom. The summed E-state index contributed by atoms with van der Waals surface area (Å²) in [6.07, 6.45) is 1.35. The molecule has 1 unspecified atom stereocenters. The molecule has 2 heterocycles. The lowest BCUT2D eigenvalue weighted by atomic mass is 10.3. The molecule has 0 saturated carbocycles. The molecule has 1 aromatic heterocycles. The number of ether oxygens (including phenoxy) is 2. The minimum absolute atomic E-state index is 0.0943. The van der Waals surface area contributed by atoms with Gasteiger partial charge in [0.15, 0.2) is 0 Å². The lowest BCUT2D eigenvalue weighted by Crippen LogP contribution is -2.26. The molecule has 1 aliphatic heterocycles. The molecule has 1 N–H and O–H groups in total. The molecule has 1 fully saturated rings. The highest BCUT2D eigenvalue weighted by Gasteiger charge is 2.26. The molecule has 0 bridgehead atoms. The molecule has 0 spiro atoms. The fraction of sp³-hybridized carbons (Fsp3) is 0.583. The van der Waals surface area contributed by atoms with Crippen LogP contribution in [0.3, 0.4) is 0 Å². The second-order valence-corrected chi connectivity index (χ2v) is 7.28. The van der Waals surface area contributed by atoms with E-state index in [1.807, 2.05) is 0 Å². The Bertz CT molecular complexity index is 587. The first-order chi connectivity index (χ1) is 9.43. The lowest BCUT2D eigenvalue weighted by molar-refractivity contribution is 0.0607. The molecule has 6 nitrogen and oxygen atoms in total. The summed E-state index contributed by atoms with van der Waals surface area (Å²) in [6, 6.07) is 0. The first-order valence-electron chi connectivity index (χ1n) is 6.21. The lowest BCUT2D eigenvalue weighted by Gasteiger charge is -2.13. The Balaban J connectivity index is 2.16. The van der Waals surface area contributed by atoms with Gasteiger partial charge in [-0.2, -0.15) is 0 Å². The number of carbonyl (C=O) groups is 1. The van der Waals surface area contributed by atoms with Crippen LogP contribution in [0.25, 0.3) is 0 Å². The van der Waals surface area contributed by atoms with Crippen molar-refractivity contribution in [3.05, 3.63) is 15.8 Å². The van der Waals surface area contributed by atoms with E-state index in [4.69, 9.17) is 4.74 Å². The van der Waals surface area contributed by atoms with Crippen LogP contribution in [0.1, 0.15) is 28.1 Å². The van der Waals surface area contributed by atoms with Crippen LogP contribution in [0.4, 0.5) is 5.69 Å². The summed E-state index contributed by atoms with van der Waals surface area (Å²) in [4.78, 5) is 11.9. The number of hydrogen-bond donors (Lipinski definition) is 1. The first-order valence-corrected chi connectivity index (χ1v) is 8.74. The molecule has 0 aliphatic carbocycles. The minimum atomic E-state index is -3.55. The maximum Gasteiger partial charge on any atom is 0.350 e. The minimum Gasteiger partial charge on any atom is -0.465 e. The Labute approximate surface area is 122 Å². The van der Waals surface area contributed by atoms with Gasteiger partial charge in [0.25, 0.3) is 0 Å². The van der Waals surface area contributed by atoms with E-state index in [-0.39, 0.29) is 16.7 Å². The van der Waals surface area contributed by atoms with Crippen LogP contribution >= 0.6 is 11.3 Å². The number of thiophene rings is 1. The zero-order valence-corrected chi connectivity index (χ0v) is 13.0. The van der Waals surface area contributed by atoms with E-state index in [0.717, 1.165) is 24.2 Å². The number of methoxy groups -OCH3 is 1. The van der Waals surface area contributed by atoms with Gasteiger partial charge in [-0.1, -0.05) is 0 Å². The zero-order valence-electron chi connectivity index (χ0n) is 11.3. The normalized spacial score (nSPS) is 19.0. The topological polar surface area (TPSA) is 81.7 Å².